The van der Waals surface area contributed by atoms with Crippen molar-refractivity contribution >= 4 is 22.0 Å². The highest BCUT2D eigenvalue weighted by atomic mass is 32.2. The molecule has 12 heteroatoms. The van der Waals surface area contributed by atoms with Gasteiger partial charge in [0.05, 0.1) is 23.1 Å². The molecule has 0 unspecified atom stereocenters. The first-order valence-electron chi connectivity index (χ1n) is 13.0. The average Bonchev–Trinajstić information content (AvgIpc) is 2.93. The van der Waals surface area contributed by atoms with Crippen molar-refractivity contribution in [2.45, 2.75) is 55.8 Å². The van der Waals surface area contributed by atoms with Gasteiger partial charge in [-0.25, -0.2) is 17.9 Å². The van der Waals surface area contributed by atoms with E-state index in [9.17, 15) is 31.2 Å². The summed E-state index contributed by atoms with van der Waals surface area (Å²) in [4.78, 5) is 29.2. The number of piperazine rings is 1. The molecule has 0 radical (unpaired) electrons. The quantitative estimate of drug-likeness (QED) is 0.551. The molecule has 2 aromatic carbocycles. The zero-order chi connectivity index (χ0) is 28.2. The molecule has 2 aromatic rings. The lowest BCUT2D eigenvalue weighted by Crippen LogP contribution is -2.54. The molecule has 2 fully saturated rings. The second kappa shape index (κ2) is 12.0. The normalized spacial score (nSPS) is 22.4. The van der Waals surface area contributed by atoms with E-state index in [-0.39, 0.29) is 29.4 Å². The van der Waals surface area contributed by atoms with Gasteiger partial charge in [0.1, 0.15) is 0 Å². The second-order valence-electron chi connectivity index (χ2n) is 9.80. The molecule has 1 saturated carbocycles. The predicted octanol–water partition coefficient (Wildman–Crippen LogP) is 4.58. The van der Waals surface area contributed by atoms with Crippen LogP contribution in [0.25, 0.3) is 0 Å². The minimum Gasteiger partial charge on any atom is -0.450 e. The van der Waals surface area contributed by atoms with Crippen molar-refractivity contribution in [1.82, 2.24) is 14.5 Å². The summed E-state index contributed by atoms with van der Waals surface area (Å²) >= 11 is 0. The average molecular weight is 568 g/mol. The van der Waals surface area contributed by atoms with Gasteiger partial charge in [0, 0.05) is 31.6 Å². The summed E-state index contributed by atoms with van der Waals surface area (Å²) in [6.07, 6.45) is -3.17. The van der Waals surface area contributed by atoms with E-state index in [4.69, 9.17) is 4.74 Å². The largest absolute Gasteiger partial charge is 0.450 e. The first-order valence-corrected chi connectivity index (χ1v) is 14.4. The summed E-state index contributed by atoms with van der Waals surface area (Å²) < 4.78 is 71.7. The third-order valence-electron chi connectivity index (χ3n) is 7.26. The summed E-state index contributed by atoms with van der Waals surface area (Å²) in [6.45, 7) is 3.04. The van der Waals surface area contributed by atoms with Crippen LogP contribution in [0.2, 0.25) is 0 Å². The molecule has 1 N–H and O–H groups in total. The van der Waals surface area contributed by atoms with Crippen LogP contribution < -0.4 is 4.72 Å². The van der Waals surface area contributed by atoms with E-state index in [0.717, 1.165) is 29.8 Å². The van der Waals surface area contributed by atoms with Crippen LogP contribution in [0, 0.1) is 5.92 Å². The van der Waals surface area contributed by atoms with Gasteiger partial charge in [0.25, 0.3) is 0 Å². The van der Waals surface area contributed by atoms with Gasteiger partial charge < -0.3 is 14.5 Å². The van der Waals surface area contributed by atoms with Crippen molar-refractivity contribution < 1.29 is 35.9 Å². The molecule has 0 bridgehead atoms. The number of hydrogen-bond donors (Lipinski definition) is 1. The molecule has 212 valence electrons. The van der Waals surface area contributed by atoms with Gasteiger partial charge in [-0.15, -0.1) is 0 Å². The Morgan fingerprint density at radius 2 is 1.62 bits per heavy atom. The van der Waals surface area contributed by atoms with Crippen molar-refractivity contribution in [2.24, 2.45) is 5.92 Å². The maximum atomic E-state index is 13.6. The number of amides is 2. The van der Waals surface area contributed by atoms with Gasteiger partial charge >= 0.3 is 12.3 Å². The molecule has 1 saturated heterocycles. The topological polar surface area (TPSA) is 96.0 Å². The van der Waals surface area contributed by atoms with Crippen LogP contribution in [-0.2, 0) is 25.7 Å². The van der Waals surface area contributed by atoms with Crippen LogP contribution >= 0.6 is 0 Å². The molecule has 1 aliphatic heterocycles. The Labute approximate surface area is 226 Å². The molecule has 2 amide bonds. The number of hydrogen-bond acceptors (Lipinski definition) is 5. The highest BCUT2D eigenvalue weighted by molar-refractivity contribution is 7.89. The first-order chi connectivity index (χ1) is 18.5. The fourth-order valence-electron chi connectivity index (χ4n) is 5.19. The van der Waals surface area contributed by atoms with E-state index < -0.39 is 33.9 Å². The minimum atomic E-state index is -4.55. The van der Waals surface area contributed by atoms with Crippen LogP contribution in [0.15, 0.2) is 59.5 Å². The number of alkyl halides is 3. The van der Waals surface area contributed by atoms with Crippen LogP contribution in [0.5, 0.6) is 0 Å². The van der Waals surface area contributed by atoms with Gasteiger partial charge in [-0.05, 0) is 62.4 Å². The zero-order valence-electron chi connectivity index (χ0n) is 21.6. The van der Waals surface area contributed by atoms with E-state index >= 15 is 0 Å². The van der Waals surface area contributed by atoms with E-state index in [1.165, 1.54) is 0 Å². The van der Waals surface area contributed by atoms with Crippen molar-refractivity contribution in [1.29, 1.82) is 0 Å². The van der Waals surface area contributed by atoms with Crippen LogP contribution in [-0.4, -0.2) is 62.5 Å². The number of ether oxygens (including phenoxy) is 1. The summed E-state index contributed by atoms with van der Waals surface area (Å²) in [6, 6.07) is 12.1. The Hall–Kier alpha value is -3.12. The Bertz CT molecular complexity index is 1250. The number of carbonyl (C=O) groups is 2. The fourth-order valence-corrected chi connectivity index (χ4v) is 6.50. The third kappa shape index (κ3) is 6.91. The maximum absolute atomic E-state index is 13.6. The fraction of sp³-hybridized carbons (Fsp3) is 0.481. The third-order valence-corrected chi connectivity index (χ3v) is 8.80. The number of halogens is 3. The molecule has 0 spiro atoms. The lowest BCUT2D eigenvalue weighted by atomic mass is 9.85. The van der Waals surface area contributed by atoms with Gasteiger partial charge in [-0.2, -0.15) is 13.2 Å². The van der Waals surface area contributed by atoms with Gasteiger partial charge in [-0.1, -0.05) is 30.3 Å². The molecule has 1 heterocycles. The zero-order valence-corrected chi connectivity index (χ0v) is 22.4. The minimum absolute atomic E-state index is 0.0311. The molecular weight excluding hydrogens is 535 g/mol. The molecule has 1 atom stereocenters. The summed E-state index contributed by atoms with van der Waals surface area (Å²) in [5.41, 5.74) is -0.00444. The lowest BCUT2D eigenvalue weighted by molar-refractivity contribution is -0.142. The van der Waals surface area contributed by atoms with Gasteiger partial charge in [0.15, 0.2) is 0 Å². The number of nitrogens with zero attached hydrogens (tertiary/aromatic N) is 2. The number of carbonyl (C=O) groups excluding carboxylic acids is 2. The Kier molecular flexibility index (Phi) is 8.85. The highest BCUT2D eigenvalue weighted by Crippen LogP contribution is 2.33. The molecule has 0 aromatic heterocycles. The van der Waals surface area contributed by atoms with Crippen LogP contribution in [0.3, 0.4) is 0 Å². The summed E-state index contributed by atoms with van der Waals surface area (Å²) in [5, 5.41) is 0. The molecule has 8 nitrogen and oxygen atoms in total. The Morgan fingerprint density at radius 1 is 0.974 bits per heavy atom. The maximum Gasteiger partial charge on any atom is 0.416 e. The number of rotatable bonds is 6. The smallest absolute Gasteiger partial charge is 0.416 e. The van der Waals surface area contributed by atoms with Crippen molar-refractivity contribution in [3.63, 3.8) is 0 Å². The number of sulfonamides is 1. The lowest BCUT2D eigenvalue weighted by Gasteiger charge is -2.43. The molecule has 1 aliphatic carbocycles. The summed E-state index contributed by atoms with van der Waals surface area (Å²) in [7, 11) is -4.01. The van der Waals surface area contributed by atoms with E-state index in [1.54, 1.807) is 11.8 Å². The highest BCUT2D eigenvalue weighted by Gasteiger charge is 2.38. The number of benzene rings is 2. The molecule has 4 rings (SSSR count). The monoisotopic (exact) mass is 567 g/mol. The SMILES string of the molecule is CCOC(=O)N1CCN(C(=O)[C@H]2CC[C@H](NS(=O)(=O)c3ccc(C(F)(F)F)cc3)CC2)[C@@H](c2ccccc2)C1. The standard InChI is InChI=1S/C27H32F3N3O5S/c1-2-38-26(35)32-16-17-33(24(18-32)19-6-4-3-5-7-19)25(34)20-8-12-22(13-9-20)31-39(36,37)23-14-10-21(11-15-23)27(28,29)30/h3-7,10-11,14-15,20,22,24,31H,2,8-9,12-13,16-18H2,1H3/t20-,22-,24-/m1/s1. The number of nitrogens with one attached hydrogen (secondary N) is 1. The van der Waals surface area contributed by atoms with Crippen molar-refractivity contribution in [2.75, 3.05) is 26.2 Å². The van der Waals surface area contributed by atoms with E-state index in [1.807, 2.05) is 35.2 Å². The molecular formula is C27H32F3N3O5S. The Balaban J connectivity index is 1.39. The predicted molar refractivity (Wildman–Crippen MR) is 137 cm³/mol. The van der Waals surface area contributed by atoms with Crippen molar-refractivity contribution in [3.05, 3.63) is 65.7 Å². The first kappa shape index (κ1) is 28.9. The van der Waals surface area contributed by atoms with E-state index in [2.05, 4.69) is 4.72 Å². The van der Waals surface area contributed by atoms with Gasteiger partial charge in [0.2, 0.25) is 15.9 Å². The summed E-state index contributed by atoms with van der Waals surface area (Å²) in [5.74, 6) is -0.325. The second-order valence-corrected chi connectivity index (χ2v) is 11.5. The van der Waals surface area contributed by atoms with Crippen molar-refractivity contribution in [3.8, 4) is 0 Å². The Morgan fingerprint density at radius 3 is 2.21 bits per heavy atom. The molecule has 39 heavy (non-hydrogen) atoms. The van der Waals surface area contributed by atoms with Gasteiger partial charge in [-0.3, -0.25) is 4.79 Å². The van der Waals surface area contributed by atoms with E-state index in [0.29, 0.717) is 45.3 Å². The molecule has 2 aliphatic rings. The van der Waals surface area contributed by atoms with Crippen LogP contribution in [0.1, 0.15) is 49.8 Å². The van der Waals surface area contributed by atoms with Crippen LogP contribution in [0.4, 0.5) is 18.0 Å².